The highest BCUT2D eigenvalue weighted by molar-refractivity contribution is 5.88. The van der Waals surface area contributed by atoms with Crippen LogP contribution in [-0.2, 0) is 11.2 Å². The van der Waals surface area contributed by atoms with E-state index in [0.717, 1.165) is 11.1 Å². The quantitative estimate of drug-likeness (QED) is 0.309. The minimum absolute atomic E-state index is 0.0598. The van der Waals surface area contributed by atoms with Crippen LogP contribution in [0, 0.1) is 0 Å². The fourth-order valence-electron chi connectivity index (χ4n) is 2.63. The molecule has 28 heavy (non-hydrogen) atoms. The van der Waals surface area contributed by atoms with Crippen molar-refractivity contribution in [2.45, 2.75) is 13.0 Å². The Balaban J connectivity index is 1.64. The number of carbonyl (C=O) groups excluding carboxylic acids is 1. The van der Waals surface area contributed by atoms with Gasteiger partial charge in [0.2, 0.25) is 0 Å². The summed E-state index contributed by atoms with van der Waals surface area (Å²) in [6, 6.07) is 23.2. The van der Waals surface area contributed by atoms with Crippen LogP contribution in [0.2, 0.25) is 0 Å². The summed E-state index contributed by atoms with van der Waals surface area (Å²) in [6.07, 6.45) is 3.50. The summed E-state index contributed by atoms with van der Waals surface area (Å²) in [7, 11) is 0. The molecule has 0 saturated heterocycles. The summed E-state index contributed by atoms with van der Waals surface area (Å²) in [5.41, 5.74) is 2.69. The lowest BCUT2D eigenvalue weighted by Crippen LogP contribution is -2.06. The van der Waals surface area contributed by atoms with E-state index in [0.29, 0.717) is 17.7 Å². The molecule has 0 atom stereocenters. The maximum Gasteiger partial charge on any atom is 0.387 e. The van der Waals surface area contributed by atoms with Gasteiger partial charge in [-0.2, -0.15) is 8.78 Å². The Labute approximate surface area is 161 Å². The summed E-state index contributed by atoms with van der Waals surface area (Å²) in [6.45, 7) is -2.87. The Kier molecular flexibility index (Phi) is 6.52. The fraction of sp³-hybridized carbons (Fsp3) is 0.0870. The van der Waals surface area contributed by atoms with Gasteiger partial charge in [0.1, 0.15) is 11.5 Å². The lowest BCUT2D eigenvalue weighted by molar-refractivity contribution is -0.128. The van der Waals surface area contributed by atoms with Gasteiger partial charge in [-0.1, -0.05) is 60.7 Å². The molecule has 0 aliphatic carbocycles. The second-order valence-electron chi connectivity index (χ2n) is 5.97. The molecule has 0 spiro atoms. The zero-order chi connectivity index (χ0) is 19.8. The van der Waals surface area contributed by atoms with E-state index in [2.05, 4.69) is 4.74 Å². The Bertz CT molecular complexity index is 936. The van der Waals surface area contributed by atoms with Gasteiger partial charge in [-0.05, 0) is 41.0 Å². The van der Waals surface area contributed by atoms with E-state index in [9.17, 15) is 13.6 Å². The van der Waals surface area contributed by atoms with Crippen molar-refractivity contribution in [2.24, 2.45) is 0 Å². The number of ether oxygens (including phenoxy) is 2. The normalized spacial score (nSPS) is 11.0. The molecule has 3 aromatic rings. The Morgan fingerprint density at radius 3 is 2.29 bits per heavy atom. The average molecular weight is 380 g/mol. The lowest BCUT2D eigenvalue weighted by atomic mass is 10.0. The fourth-order valence-corrected chi connectivity index (χ4v) is 2.63. The van der Waals surface area contributed by atoms with Crippen LogP contribution in [0.25, 0.3) is 6.08 Å². The van der Waals surface area contributed by atoms with E-state index >= 15 is 0 Å². The Morgan fingerprint density at radius 2 is 1.57 bits per heavy atom. The summed E-state index contributed by atoms with van der Waals surface area (Å²) < 4.78 is 34.1. The predicted octanol–water partition coefficient (Wildman–Crippen LogP) is 5.50. The monoisotopic (exact) mass is 380 g/mol. The van der Waals surface area contributed by atoms with Crippen LogP contribution in [0.1, 0.15) is 16.7 Å². The summed E-state index contributed by atoms with van der Waals surface area (Å²) >= 11 is 0. The first kappa shape index (κ1) is 19.3. The number of benzene rings is 3. The molecule has 0 aromatic heterocycles. The summed E-state index contributed by atoms with van der Waals surface area (Å²) in [5, 5.41) is 0. The van der Waals surface area contributed by atoms with Crippen molar-refractivity contribution in [1.82, 2.24) is 0 Å². The first-order chi connectivity index (χ1) is 13.6. The molecule has 0 N–H and O–H groups in total. The number of hydrogen-bond acceptors (Lipinski definition) is 3. The Hall–Kier alpha value is -3.47. The van der Waals surface area contributed by atoms with Crippen LogP contribution in [-0.4, -0.2) is 12.6 Å². The van der Waals surface area contributed by atoms with Crippen LogP contribution >= 0.6 is 0 Å². The second-order valence-corrected chi connectivity index (χ2v) is 5.97. The van der Waals surface area contributed by atoms with Gasteiger partial charge in [0.15, 0.2) is 0 Å². The molecule has 0 aliphatic heterocycles. The maximum absolute atomic E-state index is 12.2. The number of para-hydroxylation sites is 1. The molecule has 3 aromatic carbocycles. The highest BCUT2D eigenvalue weighted by atomic mass is 19.3. The van der Waals surface area contributed by atoms with Gasteiger partial charge in [-0.3, -0.25) is 0 Å². The molecule has 0 bridgehead atoms. The molecule has 3 rings (SSSR count). The van der Waals surface area contributed by atoms with Gasteiger partial charge in [0.05, 0.1) is 0 Å². The van der Waals surface area contributed by atoms with Crippen molar-refractivity contribution in [1.29, 1.82) is 0 Å². The lowest BCUT2D eigenvalue weighted by Gasteiger charge is -2.09. The minimum Gasteiger partial charge on any atom is -0.435 e. The second kappa shape index (κ2) is 9.46. The molecule has 0 saturated carbocycles. The van der Waals surface area contributed by atoms with Crippen LogP contribution in [0.3, 0.4) is 0 Å². The van der Waals surface area contributed by atoms with E-state index in [4.69, 9.17) is 4.74 Å². The summed E-state index contributed by atoms with van der Waals surface area (Å²) in [4.78, 5) is 12.2. The molecular formula is C23H18F2O3. The van der Waals surface area contributed by atoms with Gasteiger partial charge in [0, 0.05) is 12.5 Å². The average Bonchev–Trinajstić information content (AvgIpc) is 2.69. The standard InChI is InChI=1S/C23H18F2O3/c24-23(25)27-20-13-10-17(11-14-20)12-15-22(26)28-21-9-5-4-8-19(21)16-18-6-2-1-3-7-18/h1-15,23H,16H2/b15-12+. The smallest absolute Gasteiger partial charge is 0.387 e. The van der Waals surface area contributed by atoms with E-state index < -0.39 is 12.6 Å². The number of alkyl halides is 2. The molecular weight excluding hydrogens is 362 g/mol. The largest absolute Gasteiger partial charge is 0.435 e. The van der Waals surface area contributed by atoms with Gasteiger partial charge in [-0.15, -0.1) is 0 Å². The highest BCUT2D eigenvalue weighted by Crippen LogP contribution is 2.22. The predicted molar refractivity (Wildman–Crippen MR) is 103 cm³/mol. The number of carbonyl (C=O) groups is 1. The number of esters is 1. The van der Waals surface area contributed by atoms with Crippen molar-refractivity contribution in [2.75, 3.05) is 0 Å². The van der Waals surface area contributed by atoms with Crippen LogP contribution in [0.5, 0.6) is 11.5 Å². The van der Waals surface area contributed by atoms with Crippen LogP contribution in [0.4, 0.5) is 8.78 Å². The molecule has 0 amide bonds. The topological polar surface area (TPSA) is 35.5 Å². The first-order valence-electron chi connectivity index (χ1n) is 8.67. The molecule has 0 heterocycles. The third kappa shape index (κ3) is 5.77. The Morgan fingerprint density at radius 1 is 0.893 bits per heavy atom. The van der Waals surface area contributed by atoms with Crippen molar-refractivity contribution < 1.29 is 23.0 Å². The van der Waals surface area contributed by atoms with Crippen molar-refractivity contribution in [3.05, 3.63) is 102 Å². The zero-order valence-electron chi connectivity index (χ0n) is 14.9. The third-order valence-electron chi connectivity index (χ3n) is 3.94. The molecule has 0 unspecified atom stereocenters. The van der Waals surface area contributed by atoms with Crippen LogP contribution < -0.4 is 9.47 Å². The van der Waals surface area contributed by atoms with Gasteiger partial charge >= 0.3 is 12.6 Å². The van der Waals surface area contributed by atoms with Gasteiger partial charge < -0.3 is 9.47 Å². The van der Waals surface area contributed by atoms with Crippen molar-refractivity contribution in [3.63, 3.8) is 0 Å². The number of hydrogen-bond donors (Lipinski definition) is 0. The minimum atomic E-state index is -2.87. The van der Waals surface area contributed by atoms with E-state index in [-0.39, 0.29) is 5.75 Å². The summed E-state index contributed by atoms with van der Waals surface area (Å²) in [5.74, 6) is 0.0414. The molecule has 0 radical (unpaired) electrons. The zero-order valence-corrected chi connectivity index (χ0v) is 14.9. The molecule has 3 nitrogen and oxygen atoms in total. The van der Waals surface area contributed by atoms with E-state index in [1.807, 2.05) is 48.5 Å². The highest BCUT2D eigenvalue weighted by Gasteiger charge is 2.08. The van der Waals surface area contributed by atoms with Crippen molar-refractivity contribution >= 4 is 12.0 Å². The van der Waals surface area contributed by atoms with E-state index in [1.165, 1.54) is 18.2 Å². The SMILES string of the molecule is O=C(/C=C/c1ccc(OC(F)F)cc1)Oc1ccccc1Cc1ccccc1. The van der Waals surface area contributed by atoms with Gasteiger partial charge in [0.25, 0.3) is 0 Å². The van der Waals surface area contributed by atoms with Gasteiger partial charge in [-0.25, -0.2) is 4.79 Å². The van der Waals surface area contributed by atoms with Crippen LogP contribution in [0.15, 0.2) is 84.9 Å². The third-order valence-corrected chi connectivity index (χ3v) is 3.94. The molecule has 5 heteroatoms. The first-order valence-corrected chi connectivity index (χ1v) is 8.67. The maximum atomic E-state index is 12.2. The molecule has 0 fully saturated rings. The van der Waals surface area contributed by atoms with E-state index in [1.54, 1.807) is 24.3 Å². The molecule has 0 aliphatic rings. The number of halogens is 2. The van der Waals surface area contributed by atoms with Crippen molar-refractivity contribution in [3.8, 4) is 11.5 Å². The number of rotatable bonds is 7. The molecule has 142 valence electrons.